The second-order valence-electron chi connectivity index (χ2n) is 2.57. The summed E-state index contributed by atoms with van der Waals surface area (Å²) >= 11 is 0. The predicted octanol–water partition coefficient (Wildman–Crippen LogP) is -0.517. The highest BCUT2D eigenvalue weighted by Crippen LogP contribution is 2.19. The van der Waals surface area contributed by atoms with Crippen LogP contribution in [-0.2, 0) is 4.74 Å². The Kier molecular flexibility index (Phi) is 2.05. The summed E-state index contributed by atoms with van der Waals surface area (Å²) in [6.07, 6.45) is 1.10. The lowest BCUT2D eigenvalue weighted by Crippen LogP contribution is -2.20. The normalized spacial score (nSPS) is 43.7. The van der Waals surface area contributed by atoms with E-state index in [0.717, 1.165) is 6.42 Å². The van der Waals surface area contributed by atoms with E-state index in [2.05, 4.69) is 0 Å². The average molecular weight is 131 g/mol. The van der Waals surface area contributed by atoms with Gasteiger partial charge in [0.15, 0.2) is 0 Å². The van der Waals surface area contributed by atoms with Gasteiger partial charge in [0.25, 0.3) is 0 Å². The van der Waals surface area contributed by atoms with Gasteiger partial charge in [0.05, 0.1) is 12.2 Å². The minimum Gasteiger partial charge on any atom is -0.390 e. The van der Waals surface area contributed by atoms with Gasteiger partial charge in [-0.25, -0.2) is 0 Å². The number of aliphatic hydroxyl groups is 1. The van der Waals surface area contributed by atoms with Gasteiger partial charge in [0.1, 0.15) is 0 Å². The van der Waals surface area contributed by atoms with Gasteiger partial charge < -0.3 is 15.6 Å². The molecule has 0 bridgehead atoms. The molecule has 3 heteroatoms. The highest BCUT2D eigenvalue weighted by Gasteiger charge is 2.30. The SMILES string of the molecule is CO[C@@H]1C[C@H](N)C[C@@H]1O. The molecule has 0 amide bonds. The van der Waals surface area contributed by atoms with Crippen molar-refractivity contribution in [2.75, 3.05) is 7.11 Å². The summed E-state index contributed by atoms with van der Waals surface area (Å²) in [7, 11) is 1.60. The molecule has 0 spiro atoms. The van der Waals surface area contributed by atoms with Crippen molar-refractivity contribution in [2.45, 2.75) is 31.1 Å². The van der Waals surface area contributed by atoms with E-state index in [-0.39, 0.29) is 18.2 Å². The molecule has 1 fully saturated rings. The van der Waals surface area contributed by atoms with Gasteiger partial charge in [0, 0.05) is 13.2 Å². The van der Waals surface area contributed by atoms with E-state index in [4.69, 9.17) is 15.6 Å². The summed E-state index contributed by atoms with van der Waals surface area (Å²) in [6.45, 7) is 0. The highest BCUT2D eigenvalue weighted by molar-refractivity contribution is 4.85. The van der Waals surface area contributed by atoms with Gasteiger partial charge in [-0.15, -0.1) is 0 Å². The molecule has 0 saturated heterocycles. The van der Waals surface area contributed by atoms with E-state index in [0.29, 0.717) is 6.42 Å². The number of rotatable bonds is 1. The molecule has 1 aliphatic rings. The molecule has 1 saturated carbocycles. The Morgan fingerprint density at radius 3 is 2.44 bits per heavy atom. The number of hydrogen-bond donors (Lipinski definition) is 2. The van der Waals surface area contributed by atoms with Crippen molar-refractivity contribution in [1.29, 1.82) is 0 Å². The van der Waals surface area contributed by atoms with Crippen LogP contribution in [0.2, 0.25) is 0 Å². The maximum Gasteiger partial charge on any atom is 0.0845 e. The van der Waals surface area contributed by atoms with E-state index in [1.54, 1.807) is 7.11 Å². The van der Waals surface area contributed by atoms with Gasteiger partial charge in [-0.05, 0) is 12.8 Å². The first-order valence-electron chi connectivity index (χ1n) is 3.20. The Bertz CT molecular complexity index is 97.1. The van der Waals surface area contributed by atoms with Crippen molar-refractivity contribution in [3.63, 3.8) is 0 Å². The lowest BCUT2D eigenvalue weighted by Gasteiger charge is -2.10. The maximum atomic E-state index is 9.15. The molecular weight excluding hydrogens is 118 g/mol. The summed E-state index contributed by atoms with van der Waals surface area (Å²) in [5, 5.41) is 9.15. The van der Waals surface area contributed by atoms with Crippen molar-refractivity contribution < 1.29 is 9.84 Å². The second-order valence-corrected chi connectivity index (χ2v) is 2.57. The Morgan fingerprint density at radius 2 is 2.22 bits per heavy atom. The van der Waals surface area contributed by atoms with Crippen LogP contribution in [0.25, 0.3) is 0 Å². The van der Waals surface area contributed by atoms with E-state index in [1.807, 2.05) is 0 Å². The number of ether oxygens (including phenoxy) is 1. The first kappa shape index (κ1) is 6.99. The minimum absolute atomic E-state index is 0.0278. The first-order valence-corrected chi connectivity index (χ1v) is 3.20. The number of aliphatic hydroxyl groups excluding tert-OH is 1. The molecule has 0 aromatic heterocycles. The Hall–Kier alpha value is -0.120. The molecule has 3 atom stereocenters. The summed E-state index contributed by atoms with van der Waals surface area (Å²) in [5.74, 6) is 0. The van der Waals surface area contributed by atoms with Crippen molar-refractivity contribution in [1.82, 2.24) is 0 Å². The molecule has 1 rings (SSSR count). The maximum absolute atomic E-state index is 9.15. The zero-order chi connectivity index (χ0) is 6.85. The smallest absolute Gasteiger partial charge is 0.0845 e. The highest BCUT2D eigenvalue weighted by atomic mass is 16.5. The molecule has 0 aliphatic heterocycles. The molecule has 0 aromatic carbocycles. The molecule has 0 radical (unpaired) electrons. The number of nitrogens with two attached hydrogens (primary N) is 1. The topological polar surface area (TPSA) is 55.5 Å². The molecule has 3 N–H and O–H groups in total. The first-order chi connectivity index (χ1) is 4.24. The summed E-state index contributed by atoms with van der Waals surface area (Å²) in [4.78, 5) is 0. The summed E-state index contributed by atoms with van der Waals surface area (Å²) in [5.41, 5.74) is 5.55. The quantitative estimate of drug-likeness (QED) is 0.503. The van der Waals surface area contributed by atoms with Gasteiger partial charge in [0.2, 0.25) is 0 Å². The number of hydrogen-bond acceptors (Lipinski definition) is 3. The third-order valence-corrected chi connectivity index (χ3v) is 1.81. The van der Waals surface area contributed by atoms with Crippen molar-refractivity contribution >= 4 is 0 Å². The van der Waals surface area contributed by atoms with E-state index in [9.17, 15) is 0 Å². The largest absolute Gasteiger partial charge is 0.390 e. The van der Waals surface area contributed by atoms with Crippen molar-refractivity contribution in [2.24, 2.45) is 5.73 Å². The van der Waals surface area contributed by atoms with Crippen LogP contribution in [0.3, 0.4) is 0 Å². The van der Waals surface area contributed by atoms with Crippen LogP contribution in [0.1, 0.15) is 12.8 Å². The van der Waals surface area contributed by atoms with Crippen LogP contribution in [0.5, 0.6) is 0 Å². The van der Waals surface area contributed by atoms with Crippen LogP contribution >= 0.6 is 0 Å². The lowest BCUT2D eigenvalue weighted by atomic mass is 10.3. The van der Waals surface area contributed by atoms with Gasteiger partial charge in [-0.1, -0.05) is 0 Å². The van der Waals surface area contributed by atoms with Gasteiger partial charge >= 0.3 is 0 Å². The third-order valence-electron chi connectivity index (χ3n) is 1.81. The fourth-order valence-electron chi connectivity index (χ4n) is 1.27. The average Bonchev–Trinajstić information content (AvgIpc) is 2.10. The molecule has 3 nitrogen and oxygen atoms in total. The fraction of sp³-hybridized carbons (Fsp3) is 1.00. The van der Waals surface area contributed by atoms with Gasteiger partial charge in [-0.3, -0.25) is 0 Å². The van der Waals surface area contributed by atoms with Crippen LogP contribution in [-0.4, -0.2) is 30.5 Å². The predicted molar refractivity (Wildman–Crippen MR) is 34.0 cm³/mol. The Balaban J connectivity index is 2.38. The van der Waals surface area contributed by atoms with Crippen LogP contribution in [0.15, 0.2) is 0 Å². The van der Waals surface area contributed by atoms with Crippen LogP contribution in [0, 0.1) is 0 Å². The van der Waals surface area contributed by atoms with E-state index in [1.165, 1.54) is 0 Å². The lowest BCUT2D eigenvalue weighted by molar-refractivity contribution is 0.00981. The monoisotopic (exact) mass is 131 g/mol. The molecule has 1 aliphatic carbocycles. The number of methoxy groups -OCH3 is 1. The zero-order valence-corrected chi connectivity index (χ0v) is 5.58. The molecule has 9 heavy (non-hydrogen) atoms. The van der Waals surface area contributed by atoms with Crippen molar-refractivity contribution in [3.05, 3.63) is 0 Å². The Labute approximate surface area is 54.8 Å². The second kappa shape index (κ2) is 2.64. The Morgan fingerprint density at radius 1 is 1.56 bits per heavy atom. The fourth-order valence-corrected chi connectivity index (χ4v) is 1.27. The molecule has 54 valence electrons. The third kappa shape index (κ3) is 1.41. The molecule has 0 aromatic rings. The van der Waals surface area contributed by atoms with Crippen LogP contribution in [0.4, 0.5) is 0 Å². The van der Waals surface area contributed by atoms with Crippen molar-refractivity contribution in [3.8, 4) is 0 Å². The zero-order valence-electron chi connectivity index (χ0n) is 5.58. The summed E-state index contributed by atoms with van der Waals surface area (Å²) < 4.78 is 4.96. The standard InChI is InChI=1S/C6H13NO2/c1-9-6-3-4(7)2-5(6)8/h4-6,8H,2-3,7H2,1H3/t4-,5+,6-/m1/s1. The van der Waals surface area contributed by atoms with Crippen LogP contribution < -0.4 is 5.73 Å². The van der Waals surface area contributed by atoms with Gasteiger partial charge in [-0.2, -0.15) is 0 Å². The molecule has 0 unspecified atom stereocenters. The molecular formula is C6H13NO2. The molecule has 0 heterocycles. The van der Waals surface area contributed by atoms with E-state index >= 15 is 0 Å². The van der Waals surface area contributed by atoms with E-state index < -0.39 is 0 Å². The summed E-state index contributed by atoms with van der Waals surface area (Å²) in [6, 6.07) is 0.130. The minimum atomic E-state index is -0.343.